The quantitative estimate of drug-likeness (QED) is 0.398. The summed E-state index contributed by atoms with van der Waals surface area (Å²) >= 11 is 15.1. The molecule has 8 heteroatoms. The van der Waals surface area contributed by atoms with Crippen molar-refractivity contribution < 1.29 is 15.0 Å². The Morgan fingerprint density at radius 1 is 1.00 bits per heavy atom. The van der Waals surface area contributed by atoms with Crippen molar-refractivity contribution in [3.05, 3.63) is 68.1 Å². The molecule has 2 aromatic rings. The highest BCUT2D eigenvalue weighted by Gasteiger charge is 2.06. The number of carbonyl (C=O) groups excluding carboxylic acids is 1. The fourth-order valence-corrected chi connectivity index (χ4v) is 3.14. The lowest BCUT2D eigenvalue weighted by Crippen LogP contribution is -2.63. The number of hydrogen-bond donors (Lipinski definition) is 2. The molecule has 5 nitrogen and oxygen atoms in total. The Balaban J connectivity index is 1.60. The SMILES string of the molecule is O=C(CCCCCNC([O-])([O-])c1ccc(Br)cc1)NCc1ccc(Cl)c(Cl)c1. The molecule has 0 fully saturated rings. The molecule has 0 saturated carbocycles. The lowest BCUT2D eigenvalue weighted by Gasteiger charge is -2.50. The van der Waals surface area contributed by atoms with Crippen LogP contribution in [0.15, 0.2) is 46.9 Å². The van der Waals surface area contributed by atoms with Crippen molar-refractivity contribution >= 4 is 45.0 Å². The largest absolute Gasteiger partial charge is 0.848 e. The molecule has 0 aliphatic heterocycles. The maximum atomic E-state index is 12.1. The summed E-state index contributed by atoms with van der Waals surface area (Å²) in [6.07, 6.45) is 2.44. The first kappa shape index (κ1) is 23.1. The molecule has 2 rings (SSSR count). The summed E-state index contributed by atoms with van der Waals surface area (Å²) in [6, 6.07) is 11.6. The molecule has 2 aromatic carbocycles. The number of carbonyl (C=O) groups is 1. The number of amides is 1. The Bertz CT molecular complexity index is 786. The van der Waals surface area contributed by atoms with Crippen LogP contribution in [0.25, 0.3) is 0 Å². The second kappa shape index (κ2) is 11.1. The van der Waals surface area contributed by atoms with E-state index in [-0.39, 0.29) is 11.5 Å². The predicted molar refractivity (Wildman–Crippen MR) is 111 cm³/mol. The Kier molecular flexibility index (Phi) is 9.21. The van der Waals surface area contributed by atoms with Crippen molar-refractivity contribution in [1.82, 2.24) is 10.6 Å². The minimum Gasteiger partial charge on any atom is -0.848 e. The van der Waals surface area contributed by atoms with E-state index in [4.69, 9.17) is 23.2 Å². The standard InChI is InChI=1S/C20H21BrCl2N2O3/c21-16-8-6-15(7-9-16)20(27,28)25-11-3-1-2-4-19(26)24-13-14-5-10-17(22)18(23)12-14/h5-10,12,25H,1-4,11,13H2,(H,24,26)/q-2. The highest BCUT2D eigenvalue weighted by Crippen LogP contribution is 2.22. The van der Waals surface area contributed by atoms with E-state index in [1.165, 1.54) is 12.1 Å². The molecule has 0 aliphatic rings. The van der Waals surface area contributed by atoms with Gasteiger partial charge < -0.3 is 20.8 Å². The fraction of sp³-hybridized carbons (Fsp3) is 0.350. The molecule has 0 spiro atoms. The second-order valence-corrected chi connectivity index (χ2v) is 8.12. The Morgan fingerprint density at radius 3 is 2.39 bits per heavy atom. The smallest absolute Gasteiger partial charge is 0.220 e. The Labute approximate surface area is 183 Å². The zero-order chi connectivity index (χ0) is 20.6. The molecule has 152 valence electrons. The van der Waals surface area contributed by atoms with E-state index in [9.17, 15) is 15.0 Å². The maximum absolute atomic E-state index is 12.1. The first-order valence-corrected chi connectivity index (χ1v) is 10.5. The van der Waals surface area contributed by atoms with Gasteiger partial charge in [0.2, 0.25) is 5.91 Å². The molecule has 0 saturated heterocycles. The van der Waals surface area contributed by atoms with E-state index in [2.05, 4.69) is 26.6 Å². The summed E-state index contributed by atoms with van der Waals surface area (Å²) in [5.41, 5.74) is 1.03. The van der Waals surface area contributed by atoms with Gasteiger partial charge in [-0.1, -0.05) is 69.3 Å². The maximum Gasteiger partial charge on any atom is 0.220 e. The van der Waals surface area contributed by atoms with E-state index in [1.54, 1.807) is 24.3 Å². The molecule has 0 unspecified atom stereocenters. The van der Waals surface area contributed by atoms with Crippen LogP contribution in [0, 0.1) is 0 Å². The summed E-state index contributed by atoms with van der Waals surface area (Å²) in [5.74, 6) is -2.63. The van der Waals surface area contributed by atoms with Crippen molar-refractivity contribution in [2.24, 2.45) is 0 Å². The zero-order valence-electron chi connectivity index (χ0n) is 15.1. The molecule has 0 atom stereocenters. The predicted octanol–water partition coefficient (Wildman–Crippen LogP) is 3.05. The summed E-state index contributed by atoms with van der Waals surface area (Å²) in [6.45, 7) is 0.688. The van der Waals surface area contributed by atoms with E-state index in [1.807, 2.05) is 6.07 Å². The normalized spacial score (nSPS) is 11.5. The minimum atomic E-state index is -2.57. The zero-order valence-corrected chi connectivity index (χ0v) is 18.2. The fourth-order valence-electron chi connectivity index (χ4n) is 2.55. The minimum absolute atomic E-state index is 0.0594. The van der Waals surface area contributed by atoms with Crippen LogP contribution >= 0.6 is 39.1 Å². The van der Waals surface area contributed by atoms with E-state index in [0.717, 1.165) is 16.5 Å². The number of rotatable bonds is 10. The van der Waals surface area contributed by atoms with E-state index >= 15 is 0 Å². The van der Waals surface area contributed by atoms with Gasteiger partial charge >= 0.3 is 0 Å². The van der Waals surface area contributed by atoms with Gasteiger partial charge in [0.15, 0.2) is 0 Å². The topological polar surface area (TPSA) is 87.2 Å². The van der Waals surface area contributed by atoms with Gasteiger partial charge in [-0.05, 0) is 49.2 Å². The van der Waals surface area contributed by atoms with Crippen molar-refractivity contribution in [2.75, 3.05) is 6.54 Å². The molecule has 2 N–H and O–H groups in total. The molecular formula is C20H21BrCl2N2O3-2. The van der Waals surface area contributed by atoms with Crippen LogP contribution in [0.1, 0.15) is 36.8 Å². The van der Waals surface area contributed by atoms with Gasteiger partial charge in [0.25, 0.3) is 0 Å². The second-order valence-electron chi connectivity index (χ2n) is 6.39. The Hall–Kier alpha value is -1.15. The van der Waals surface area contributed by atoms with Crippen LogP contribution in [0.4, 0.5) is 0 Å². The summed E-state index contributed by atoms with van der Waals surface area (Å²) in [7, 11) is 0. The number of halogens is 3. The highest BCUT2D eigenvalue weighted by molar-refractivity contribution is 9.10. The van der Waals surface area contributed by atoms with Gasteiger partial charge in [-0.2, -0.15) is 0 Å². The van der Waals surface area contributed by atoms with Crippen molar-refractivity contribution in [3.63, 3.8) is 0 Å². The Morgan fingerprint density at radius 2 is 1.71 bits per heavy atom. The summed E-state index contributed by atoms with van der Waals surface area (Å²) in [5, 5.41) is 30.4. The molecule has 28 heavy (non-hydrogen) atoms. The third kappa shape index (κ3) is 7.70. The highest BCUT2D eigenvalue weighted by atomic mass is 79.9. The third-order valence-corrected chi connectivity index (χ3v) is 5.40. The van der Waals surface area contributed by atoms with E-state index < -0.39 is 5.91 Å². The number of benzene rings is 2. The van der Waals surface area contributed by atoms with Crippen LogP contribution in [-0.4, -0.2) is 12.5 Å². The molecule has 0 heterocycles. The van der Waals surface area contributed by atoms with E-state index in [0.29, 0.717) is 42.4 Å². The molecule has 0 bridgehead atoms. The molecule has 1 amide bonds. The molecular weight excluding hydrogens is 467 g/mol. The van der Waals surface area contributed by atoms with Crippen molar-refractivity contribution in [2.45, 2.75) is 38.1 Å². The van der Waals surface area contributed by atoms with Gasteiger partial charge in [-0.3, -0.25) is 4.79 Å². The lowest BCUT2D eigenvalue weighted by atomic mass is 10.1. The average Bonchev–Trinajstić information content (AvgIpc) is 2.66. The van der Waals surface area contributed by atoms with Crippen molar-refractivity contribution in [1.29, 1.82) is 0 Å². The van der Waals surface area contributed by atoms with Gasteiger partial charge in [0, 0.05) is 17.4 Å². The van der Waals surface area contributed by atoms with Crippen LogP contribution in [-0.2, 0) is 17.3 Å². The van der Waals surface area contributed by atoms with Crippen molar-refractivity contribution in [3.8, 4) is 0 Å². The van der Waals surface area contributed by atoms with Gasteiger partial charge in [0.05, 0.1) is 10.0 Å². The van der Waals surface area contributed by atoms with Gasteiger partial charge in [0.1, 0.15) is 0 Å². The van der Waals surface area contributed by atoms with Crippen LogP contribution in [0.5, 0.6) is 0 Å². The van der Waals surface area contributed by atoms with Gasteiger partial charge in [-0.25, -0.2) is 0 Å². The molecule has 0 aliphatic carbocycles. The summed E-state index contributed by atoms with van der Waals surface area (Å²) < 4.78 is 0.810. The lowest BCUT2D eigenvalue weighted by molar-refractivity contribution is -0.744. The first-order chi connectivity index (χ1) is 13.3. The number of hydrogen-bond acceptors (Lipinski definition) is 4. The van der Waals surface area contributed by atoms with Crippen LogP contribution in [0.3, 0.4) is 0 Å². The van der Waals surface area contributed by atoms with Crippen LogP contribution in [0.2, 0.25) is 10.0 Å². The first-order valence-electron chi connectivity index (χ1n) is 8.90. The molecule has 0 radical (unpaired) electrons. The number of nitrogens with one attached hydrogen (secondary N) is 2. The van der Waals surface area contributed by atoms with Gasteiger partial charge in [-0.15, -0.1) is 5.91 Å². The average molecular weight is 488 g/mol. The summed E-state index contributed by atoms with van der Waals surface area (Å²) in [4.78, 5) is 11.9. The molecule has 0 aromatic heterocycles. The third-order valence-electron chi connectivity index (χ3n) is 4.14. The monoisotopic (exact) mass is 486 g/mol. The van der Waals surface area contributed by atoms with Crippen LogP contribution < -0.4 is 20.8 Å². The number of unbranched alkanes of at least 4 members (excludes halogenated alkanes) is 2.